The maximum absolute atomic E-state index is 13.2. The lowest BCUT2D eigenvalue weighted by molar-refractivity contribution is -0.132. The van der Waals surface area contributed by atoms with Crippen molar-refractivity contribution < 1.29 is 23.9 Å². The Kier molecular flexibility index (Phi) is 6.68. The molecule has 1 aromatic carbocycles. The summed E-state index contributed by atoms with van der Waals surface area (Å²) >= 11 is 0. The van der Waals surface area contributed by atoms with Crippen LogP contribution in [0.5, 0.6) is 0 Å². The Labute approximate surface area is 198 Å². The first-order valence-corrected chi connectivity index (χ1v) is 11.7. The van der Waals surface area contributed by atoms with Gasteiger partial charge in [0.25, 0.3) is 11.8 Å². The van der Waals surface area contributed by atoms with E-state index in [0.717, 1.165) is 49.2 Å². The zero-order valence-electron chi connectivity index (χ0n) is 19.7. The summed E-state index contributed by atoms with van der Waals surface area (Å²) in [7, 11) is 0. The van der Waals surface area contributed by atoms with Crippen LogP contribution in [0.25, 0.3) is 11.8 Å². The number of aryl methyl sites for hydroxylation is 1. The molecule has 0 radical (unpaired) electrons. The van der Waals surface area contributed by atoms with E-state index in [-0.39, 0.29) is 11.6 Å². The molecule has 0 unspecified atom stereocenters. The molecule has 1 saturated carbocycles. The molecule has 2 aliphatic rings. The number of urea groups is 1. The molecule has 8 nitrogen and oxygen atoms in total. The first kappa shape index (κ1) is 23.5. The van der Waals surface area contributed by atoms with Gasteiger partial charge < -0.3 is 9.30 Å². The van der Waals surface area contributed by atoms with Gasteiger partial charge in [-0.2, -0.15) is 0 Å². The first-order valence-electron chi connectivity index (χ1n) is 11.7. The number of hydrogen-bond donors (Lipinski definition) is 1. The molecule has 34 heavy (non-hydrogen) atoms. The Morgan fingerprint density at radius 1 is 1.12 bits per heavy atom. The molecule has 1 aromatic heterocycles. The van der Waals surface area contributed by atoms with Crippen LogP contribution in [0.15, 0.2) is 35.9 Å². The van der Waals surface area contributed by atoms with Crippen molar-refractivity contribution in [3.8, 4) is 5.69 Å². The summed E-state index contributed by atoms with van der Waals surface area (Å²) in [6.07, 6.45) is 6.07. The second-order valence-corrected chi connectivity index (χ2v) is 8.72. The number of imide groups is 2. The SMILES string of the molecule is CCOC(=O)c1cccc(-n2c(C)cc(C=C3C(=O)NC(=O)N(C4CCCCC4)C3=O)c2C)c1. The van der Waals surface area contributed by atoms with Gasteiger partial charge in [0, 0.05) is 23.1 Å². The van der Waals surface area contributed by atoms with Gasteiger partial charge >= 0.3 is 12.0 Å². The summed E-state index contributed by atoms with van der Waals surface area (Å²) in [4.78, 5) is 51.7. The second kappa shape index (κ2) is 9.67. The molecule has 1 saturated heterocycles. The number of aromatic nitrogens is 1. The minimum absolute atomic E-state index is 0.0503. The number of barbiturate groups is 1. The molecule has 0 spiro atoms. The van der Waals surface area contributed by atoms with Gasteiger partial charge in [-0.05, 0) is 69.5 Å². The lowest BCUT2D eigenvalue weighted by Gasteiger charge is -2.35. The zero-order valence-corrected chi connectivity index (χ0v) is 19.7. The Morgan fingerprint density at radius 3 is 2.56 bits per heavy atom. The Bertz CT molecular complexity index is 1190. The maximum Gasteiger partial charge on any atom is 0.338 e. The Morgan fingerprint density at radius 2 is 1.85 bits per heavy atom. The van der Waals surface area contributed by atoms with Crippen molar-refractivity contribution in [3.63, 3.8) is 0 Å². The van der Waals surface area contributed by atoms with E-state index in [9.17, 15) is 19.2 Å². The Balaban J connectivity index is 1.69. The monoisotopic (exact) mass is 463 g/mol. The average molecular weight is 464 g/mol. The highest BCUT2D eigenvalue weighted by Gasteiger charge is 2.40. The van der Waals surface area contributed by atoms with Gasteiger partial charge in [-0.25, -0.2) is 9.59 Å². The third-order valence-electron chi connectivity index (χ3n) is 6.46. The summed E-state index contributed by atoms with van der Waals surface area (Å²) < 4.78 is 7.05. The number of benzene rings is 1. The first-order chi connectivity index (χ1) is 16.3. The summed E-state index contributed by atoms with van der Waals surface area (Å²) in [5.74, 6) is -1.63. The lowest BCUT2D eigenvalue weighted by Crippen LogP contribution is -2.58. The smallest absolute Gasteiger partial charge is 0.338 e. The minimum atomic E-state index is -0.684. The summed E-state index contributed by atoms with van der Waals surface area (Å²) in [5.41, 5.74) is 3.52. The van der Waals surface area contributed by atoms with Gasteiger partial charge in [0.15, 0.2) is 0 Å². The van der Waals surface area contributed by atoms with Crippen molar-refractivity contribution >= 4 is 29.9 Å². The Hall–Kier alpha value is -3.68. The number of esters is 1. The number of carbonyl (C=O) groups is 4. The minimum Gasteiger partial charge on any atom is -0.462 e. The third-order valence-corrected chi connectivity index (χ3v) is 6.46. The van der Waals surface area contributed by atoms with Crippen LogP contribution in [-0.2, 0) is 14.3 Å². The van der Waals surface area contributed by atoms with Crippen molar-refractivity contribution in [1.29, 1.82) is 0 Å². The fourth-order valence-corrected chi connectivity index (χ4v) is 4.81. The van der Waals surface area contributed by atoms with Gasteiger partial charge in [0.1, 0.15) is 5.57 Å². The molecule has 4 rings (SSSR count). The average Bonchev–Trinajstić information content (AvgIpc) is 3.10. The largest absolute Gasteiger partial charge is 0.462 e. The van der Waals surface area contributed by atoms with Crippen LogP contribution < -0.4 is 5.32 Å². The molecular weight excluding hydrogens is 434 g/mol. The number of amides is 4. The highest BCUT2D eigenvalue weighted by molar-refractivity contribution is 6.31. The van der Waals surface area contributed by atoms with Gasteiger partial charge in [-0.15, -0.1) is 0 Å². The van der Waals surface area contributed by atoms with Crippen LogP contribution in [0.2, 0.25) is 0 Å². The molecule has 8 heteroatoms. The normalized spacial score (nSPS) is 18.4. The van der Waals surface area contributed by atoms with E-state index in [0.29, 0.717) is 17.7 Å². The zero-order chi connectivity index (χ0) is 24.4. The maximum atomic E-state index is 13.2. The van der Waals surface area contributed by atoms with E-state index >= 15 is 0 Å². The van der Waals surface area contributed by atoms with Crippen molar-refractivity contribution in [2.24, 2.45) is 0 Å². The van der Waals surface area contributed by atoms with Crippen LogP contribution in [-0.4, -0.2) is 45.9 Å². The van der Waals surface area contributed by atoms with E-state index in [1.165, 1.54) is 4.90 Å². The molecule has 1 aliphatic carbocycles. The summed E-state index contributed by atoms with van der Waals surface area (Å²) in [6, 6.07) is 8.15. The molecule has 1 aliphatic heterocycles. The quantitative estimate of drug-likeness (QED) is 0.410. The highest BCUT2D eigenvalue weighted by Crippen LogP contribution is 2.28. The van der Waals surface area contributed by atoms with Crippen LogP contribution >= 0.6 is 0 Å². The number of ether oxygens (including phenoxy) is 1. The summed E-state index contributed by atoms with van der Waals surface area (Å²) in [5, 5.41) is 2.33. The number of nitrogens with one attached hydrogen (secondary N) is 1. The molecule has 2 aromatic rings. The molecule has 2 fully saturated rings. The van der Waals surface area contributed by atoms with Crippen LogP contribution in [0, 0.1) is 13.8 Å². The fourth-order valence-electron chi connectivity index (χ4n) is 4.81. The number of carbonyl (C=O) groups excluding carboxylic acids is 4. The van der Waals surface area contributed by atoms with Gasteiger partial charge in [0.05, 0.1) is 12.2 Å². The second-order valence-electron chi connectivity index (χ2n) is 8.72. The molecular formula is C26H29N3O5. The van der Waals surface area contributed by atoms with Crippen LogP contribution in [0.4, 0.5) is 4.79 Å². The van der Waals surface area contributed by atoms with E-state index in [1.807, 2.05) is 30.5 Å². The fraction of sp³-hybridized carbons (Fsp3) is 0.385. The van der Waals surface area contributed by atoms with Crippen molar-refractivity contribution in [2.75, 3.05) is 6.61 Å². The number of hydrogen-bond acceptors (Lipinski definition) is 5. The highest BCUT2D eigenvalue weighted by atomic mass is 16.5. The van der Waals surface area contributed by atoms with Crippen molar-refractivity contribution in [1.82, 2.24) is 14.8 Å². The van der Waals surface area contributed by atoms with Gasteiger partial charge in [0.2, 0.25) is 0 Å². The predicted molar refractivity (Wildman–Crippen MR) is 126 cm³/mol. The molecule has 0 atom stereocenters. The standard InChI is InChI=1S/C26H29N3O5/c1-4-34-25(32)18-9-8-12-21(14-18)28-16(2)13-19(17(28)3)15-22-23(30)27-26(33)29(24(22)31)20-10-6-5-7-11-20/h8-9,12-15,20H,4-7,10-11H2,1-3H3,(H,27,30,33). The molecule has 2 heterocycles. The van der Waals surface area contributed by atoms with Crippen LogP contribution in [0.3, 0.4) is 0 Å². The molecule has 0 bridgehead atoms. The van der Waals surface area contributed by atoms with Crippen LogP contribution in [0.1, 0.15) is 66.3 Å². The lowest BCUT2D eigenvalue weighted by atomic mass is 9.93. The number of nitrogens with zero attached hydrogens (tertiary/aromatic N) is 2. The van der Waals surface area contributed by atoms with Crippen molar-refractivity contribution in [2.45, 2.75) is 58.9 Å². The van der Waals surface area contributed by atoms with E-state index in [1.54, 1.807) is 31.2 Å². The number of rotatable bonds is 5. The van der Waals surface area contributed by atoms with E-state index < -0.39 is 23.8 Å². The third kappa shape index (κ3) is 4.40. The molecule has 178 valence electrons. The molecule has 1 N–H and O–H groups in total. The predicted octanol–water partition coefficient (Wildman–Crippen LogP) is 4.07. The van der Waals surface area contributed by atoms with E-state index in [2.05, 4.69) is 5.32 Å². The van der Waals surface area contributed by atoms with Crippen molar-refractivity contribution in [3.05, 3.63) is 58.4 Å². The van der Waals surface area contributed by atoms with E-state index in [4.69, 9.17) is 4.74 Å². The van der Waals surface area contributed by atoms with Gasteiger partial charge in [-0.3, -0.25) is 19.8 Å². The molecule has 4 amide bonds. The summed E-state index contributed by atoms with van der Waals surface area (Å²) in [6.45, 7) is 5.84. The topological polar surface area (TPSA) is 97.7 Å². The van der Waals surface area contributed by atoms with Gasteiger partial charge in [-0.1, -0.05) is 25.3 Å².